The standard InChI is InChI=1S/C15H16F3N3O/c16-15(17,18)13-3-1-2-4-14(13)22-12-8-20-21(10-12)9-11-5-6-19-7-11/h1-4,8,10-11,19H,5-7,9H2. The van der Waals surface area contributed by atoms with Crippen LogP contribution in [0, 0.1) is 5.92 Å². The largest absolute Gasteiger partial charge is 0.453 e. The smallest absolute Gasteiger partial charge is 0.419 e. The van der Waals surface area contributed by atoms with Crippen LogP contribution in [0.3, 0.4) is 0 Å². The molecular formula is C15H16F3N3O. The Hall–Kier alpha value is -2.02. The molecule has 1 unspecified atom stereocenters. The summed E-state index contributed by atoms with van der Waals surface area (Å²) in [6.45, 7) is 2.67. The van der Waals surface area contributed by atoms with Gasteiger partial charge in [0.15, 0.2) is 5.75 Å². The molecule has 1 N–H and O–H groups in total. The molecule has 1 aromatic carbocycles. The number of hydrogen-bond donors (Lipinski definition) is 1. The van der Waals surface area contributed by atoms with Gasteiger partial charge in [0.1, 0.15) is 5.75 Å². The molecule has 1 atom stereocenters. The predicted octanol–water partition coefficient (Wildman–Crippen LogP) is 3.30. The first-order valence-electron chi connectivity index (χ1n) is 7.09. The third kappa shape index (κ3) is 3.41. The molecule has 1 aromatic heterocycles. The fourth-order valence-corrected chi connectivity index (χ4v) is 2.55. The summed E-state index contributed by atoms with van der Waals surface area (Å²) in [6, 6.07) is 5.16. The zero-order chi connectivity index (χ0) is 15.6. The van der Waals surface area contributed by atoms with Crippen LogP contribution in [-0.4, -0.2) is 22.9 Å². The van der Waals surface area contributed by atoms with Crippen molar-refractivity contribution in [2.75, 3.05) is 13.1 Å². The quantitative estimate of drug-likeness (QED) is 0.941. The van der Waals surface area contributed by atoms with Gasteiger partial charge in [0.25, 0.3) is 0 Å². The number of benzene rings is 1. The first-order chi connectivity index (χ1) is 10.5. The van der Waals surface area contributed by atoms with Gasteiger partial charge in [0.05, 0.1) is 18.0 Å². The van der Waals surface area contributed by atoms with E-state index in [0.717, 1.165) is 32.1 Å². The lowest BCUT2D eigenvalue weighted by Crippen LogP contribution is -2.14. The monoisotopic (exact) mass is 311 g/mol. The summed E-state index contributed by atoms with van der Waals surface area (Å²) in [6.07, 6.45) is -0.296. The van der Waals surface area contributed by atoms with Crippen molar-refractivity contribution in [3.8, 4) is 11.5 Å². The number of rotatable bonds is 4. The minimum absolute atomic E-state index is 0.211. The molecule has 2 aromatic rings. The number of ether oxygens (including phenoxy) is 1. The van der Waals surface area contributed by atoms with Crippen molar-refractivity contribution in [2.45, 2.75) is 19.1 Å². The van der Waals surface area contributed by atoms with Crippen LogP contribution in [0.5, 0.6) is 11.5 Å². The zero-order valence-electron chi connectivity index (χ0n) is 11.8. The molecule has 22 heavy (non-hydrogen) atoms. The highest BCUT2D eigenvalue weighted by Gasteiger charge is 2.34. The summed E-state index contributed by atoms with van der Waals surface area (Å²) in [7, 11) is 0. The van der Waals surface area contributed by atoms with Crippen LogP contribution >= 0.6 is 0 Å². The molecule has 0 radical (unpaired) electrons. The number of nitrogens with zero attached hydrogens (tertiary/aromatic N) is 2. The van der Waals surface area contributed by atoms with Crippen LogP contribution in [-0.2, 0) is 12.7 Å². The molecule has 0 spiro atoms. The molecule has 0 amide bonds. The average molecular weight is 311 g/mol. The van der Waals surface area contributed by atoms with Crippen molar-refractivity contribution in [1.82, 2.24) is 15.1 Å². The van der Waals surface area contributed by atoms with E-state index in [1.165, 1.54) is 24.4 Å². The SMILES string of the molecule is FC(F)(F)c1ccccc1Oc1cnn(CC2CCNC2)c1. The number of nitrogens with one attached hydrogen (secondary N) is 1. The minimum atomic E-state index is -4.44. The van der Waals surface area contributed by atoms with Gasteiger partial charge in [-0.25, -0.2) is 0 Å². The highest BCUT2D eigenvalue weighted by Crippen LogP contribution is 2.37. The van der Waals surface area contributed by atoms with E-state index in [2.05, 4.69) is 10.4 Å². The molecule has 2 heterocycles. The molecule has 1 saturated heterocycles. The van der Waals surface area contributed by atoms with Gasteiger partial charge in [-0.15, -0.1) is 0 Å². The second kappa shape index (κ2) is 6.00. The van der Waals surface area contributed by atoms with Gasteiger partial charge in [0, 0.05) is 6.54 Å². The second-order valence-corrected chi connectivity index (χ2v) is 5.35. The Bertz CT molecular complexity index is 633. The van der Waals surface area contributed by atoms with Crippen molar-refractivity contribution < 1.29 is 17.9 Å². The third-order valence-electron chi connectivity index (χ3n) is 3.64. The van der Waals surface area contributed by atoms with Crippen LogP contribution in [0.4, 0.5) is 13.2 Å². The molecule has 0 aliphatic carbocycles. The first-order valence-corrected chi connectivity index (χ1v) is 7.09. The van der Waals surface area contributed by atoms with Gasteiger partial charge in [-0.2, -0.15) is 18.3 Å². The van der Waals surface area contributed by atoms with E-state index in [1.807, 2.05) is 0 Å². The average Bonchev–Trinajstić information content (AvgIpc) is 3.11. The van der Waals surface area contributed by atoms with Crippen molar-refractivity contribution in [2.24, 2.45) is 5.92 Å². The summed E-state index contributed by atoms with van der Waals surface area (Å²) in [5, 5.41) is 7.42. The molecule has 3 rings (SSSR count). The zero-order valence-corrected chi connectivity index (χ0v) is 11.8. The lowest BCUT2D eigenvalue weighted by Gasteiger charge is -2.12. The Kier molecular flexibility index (Phi) is 4.06. The van der Waals surface area contributed by atoms with Crippen molar-refractivity contribution in [3.05, 3.63) is 42.2 Å². The molecule has 1 aliphatic rings. The number of para-hydroxylation sites is 1. The third-order valence-corrected chi connectivity index (χ3v) is 3.64. The van der Waals surface area contributed by atoms with E-state index in [0.29, 0.717) is 11.7 Å². The molecule has 1 aliphatic heterocycles. The van der Waals surface area contributed by atoms with Crippen LogP contribution < -0.4 is 10.1 Å². The van der Waals surface area contributed by atoms with E-state index in [1.54, 1.807) is 10.9 Å². The summed E-state index contributed by atoms with van der Waals surface area (Å²) < 4.78 is 45.8. The Balaban J connectivity index is 1.72. The van der Waals surface area contributed by atoms with Gasteiger partial charge >= 0.3 is 6.18 Å². The van der Waals surface area contributed by atoms with E-state index < -0.39 is 11.7 Å². The Morgan fingerprint density at radius 1 is 1.32 bits per heavy atom. The number of hydrogen-bond acceptors (Lipinski definition) is 3. The summed E-state index contributed by atoms with van der Waals surface area (Å²) >= 11 is 0. The van der Waals surface area contributed by atoms with Gasteiger partial charge in [-0.1, -0.05) is 12.1 Å². The molecule has 7 heteroatoms. The molecule has 1 fully saturated rings. The topological polar surface area (TPSA) is 39.1 Å². The normalized spacial score (nSPS) is 18.6. The van der Waals surface area contributed by atoms with E-state index in [9.17, 15) is 13.2 Å². The van der Waals surface area contributed by atoms with Gasteiger partial charge in [0.2, 0.25) is 0 Å². The second-order valence-electron chi connectivity index (χ2n) is 5.35. The lowest BCUT2D eigenvalue weighted by molar-refractivity contribution is -0.138. The number of halogens is 3. The molecule has 118 valence electrons. The van der Waals surface area contributed by atoms with Crippen LogP contribution in [0.15, 0.2) is 36.7 Å². The summed E-state index contributed by atoms with van der Waals surface area (Å²) in [4.78, 5) is 0. The number of alkyl halides is 3. The molecule has 4 nitrogen and oxygen atoms in total. The van der Waals surface area contributed by atoms with E-state index in [-0.39, 0.29) is 5.75 Å². The maximum atomic E-state index is 12.9. The fourth-order valence-electron chi connectivity index (χ4n) is 2.55. The molecule has 0 bridgehead atoms. The maximum Gasteiger partial charge on any atom is 0.419 e. The van der Waals surface area contributed by atoms with Gasteiger partial charge < -0.3 is 10.1 Å². The van der Waals surface area contributed by atoms with Crippen molar-refractivity contribution in [3.63, 3.8) is 0 Å². The van der Waals surface area contributed by atoms with Gasteiger partial charge in [-0.3, -0.25) is 4.68 Å². The van der Waals surface area contributed by atoms with Crippen LogP contribution in [0.2, 0.25) is 0 Å². The summed E-state index contributed by atoms with van der Waals surface area (Å²) in [5.74, 6) is 0.593. The highest BCUT2D eigenvalue weighted by atomic mass is 19.4. The van der Waals surface area contributed by atoms with Gasteiger partial charge in [-0.05, 0) is 37.6 Å². The Morgan fingerprint density at radius 3 is 2.86 bits per heavy atom. The fraction of sp³-hybridized carbons (Fsp3) is 0.400. The Morgan fingerprint density at radius 2 is 2.14 bits per heavy atom. The lowest BCUT2D eigenvalue weighted by atomic mass is 10.1. The van der Waals surface area contributed by atoms with Crippen LogP contribution in [0.25, 0.3) is 0 Å². The van der Waals surface area contributed by atoms with Crippen LogP contribution in [0.1, 0.15) is 12.0 Å². The molecular weight excluding hydrogens is 295 g/mol. The van der Waals surface area contributed by atoms with Crippen molar-refractivity contribution >= 4 is 0 Å². The maximum absolute atomic E-state index is 12.9. The van der Waals surface area contributed by atoms with E-state index >= 15 is 0 Å². The minimum Gasteiger partial charge on any atom is -0.453 e. The summed E-state index contributed by atoms with van der Waals surface area (Å²) in [5.41, 5.74) is -0.789. The highest BCUT2D eigenvalue weighted by molar-refractivity contribution is 5.38. The number of aromatic nitrogens is 2. The Labute approximate surface area is 125 Å². The first kappa shape index (κ1) is 14.9. The molecule has 0 saturated carbocycles. The van der Waals surface area contributed by atoms with Crippen molar-refractivity contribution in [1.29, 1.82) is 0 Å². The van der Waals surface area contributed by atoms with E-state index in [4.69, 9.17) is 4.74 Å². The predicted molar refractivity (Wildman–Crippen MR) is 74.7 cm³/mol.